The van der Waals surface area contributed by atoms with Gasteiger partial charge in [0.2, 0.25) is 0 Å². The molecule has 0 fully saturated rings. The van der Waals surface area contributed by atoms with E-state index in [-0.39, 0.29) is 12.1 Å². The van der Waals surface area contributed by atoms with Crippen LogP contribution in [0.15, 0.2) is 24.3 Å². The Hall–Kier alpha value is -1.06. The van der Waals surface area contributed by atoms with Crippen LogP contribution in [0.3, 0.4) is 0 Å². The molecule has 1 aromatic carbocycles. The third-order valence-electron chi connectivity index (χ3n) is 2.38. The summed E-state index contributed by atoms with van der Waals surface area (Å²) in [6.45, 7) is 4.32. The van der Waals surface area contributed by atoms with E-state index in [1.807, 2.05) is 19.1 Å². The number of aliphatic hydroxyl groups is 1. The Morgan fingerprint density at radius 1 is 1.33 bits per heavy atom. The minimum Gasteiger partial charge on any atom is -0.508 e. The number of phenols is 1. The van der Waals surface area contributed by atoms with Gasteiger partial charge in [-0.2, -0.15) is 0 Å². The summed E-state index contributed by atoms with van der Waals surface area (Å²) < 4.78 is 0. The fourth-order valence-electron chi connectivity index (χ4n) is 1.57. The number of aliphatic hydroxyl groups excluding tert-OH is 1. The molecular formula is C12H19NO2. The third-order valence-corrected chi connectivity index (χ3v) is 2.38. The molecule has 0 saturated carbocycles. The number of benzene rings is 1. The van der Waals surface area contributed by atoms with Gasteiger partial charge in [-0.1, -0.05) is 25.1 Å². The Kier molecular flexibility index (Phi) is 4.59. The summed E-state index contributed by atoms with van der Waals surface area (Å²) in [5.41, 5.74) is 0.889. The Balaban J connectivity index is 2.70. The minimum absolute atomic E-state index is 0.0980. The lowest BCUT2D eigenvalue weighted by Crippen LogP contribution is -2.28. The SMILES string of the molecule is CC[C@@H](NC[C@H](C)O)c1ccccc1O. The second kappa shape index (κ2) is 5.73. The van der Waals surface area contributed by atoms with E-state index >= 15 is 0 Å². The molecule has 0 spiro atoms. The van der Waals surface area contributed by atoms with Crippen molar-refractivity contribution in [3.05, 3.63) is 29.8 Å². The minimum atomic E-state index is -0.370. The lowest BCUT2D eigenvalue weighted by molar-refractivity contribution is 0.185. The van der Waals surface area contributed by atoms with Crippen molar-refractivity contribution in [2.24, 2.45) is 0 Å². The van der Waals surface area contributed by atoms with Crippen molar-refractivity contribution in [1.82, 2.24) is 5.32 Å². The van der Waals surface area contributed by atoms with Gasteiger partial charge in [-0.3, -0.25) is 0 Å². The van der Waals surface area contributed by atoms with E-state index in [4.69, 9.17) is 0 Å². The largest absolute Gasteiger partial charge is 0.508 e. The zero-order chi connectivity index (χ0) is 11.3. The summed E-state index contributed by atoms with van der Waals surface area (Å²) in [6.07, 6.45) is 0.509. The smallest absolute Gasteiger partial charge is 0.120 e. The van der Waals surface area contributed by atoms with Crippen LogP contribution in [0.1, 0.15) is 31.9 Å². The highest BCUT2D eigenvalue weighted by atomic mass is 16.3. The normalized spacial score (nSPS) is 14.9. The number of rotatable bonds is 5. The molecule has 0 aromatic heterocycles. The maximum atomic E-state index is 9.67. The van der Waals surface area contributed by atoms with E-state index in [1.54, 1.807) is 19.1 Å². The molecule has 0 saturated heterocycles. The first-order valence-electron chi connectivity index (χ1n) is 5.34. The van der Waals surface area contributed by atoms with Crippen molar-refractivity contribution in [3.63, 3.8) is 0 Å². The molecule has 3 N–H and O–H groups in total. The van der Waals surface area contributed by atoms with E-state index in [2.05, 4.69) is 5.32 Å². The average Bonchev–Trinajstić information content (AvgIpc) is 2.21. The highest BCUT2D eigenvalue weighted by Crippen LogP contribution is 2.25. The molecule has 0 amide bonds. The molecule has 15 heavy (non-hydrogen) atoms. The van der Waals surface area contributed by atoms with E-state index in [1.165, 1.54) is 0 Å². The van der Waals surface area contributed by atoms with Crippen molar-refractivity contribution in [2.75, 3.05) is 6.54 Å². The standard InChI is InChI=1S/C12H19NO2/c1-3-11(13-8-9(2)14)10-6-4-5-7-12(10)15/h4-7,9,11,13-15H,3,8H2,1-2H3/t9-,11+/m0/s1. The molecule has 3 heteroatoms. The topological polar surface area (TPSA) is 52.5 Å². The van der Waals surface area contributed by atoms with Gasteiger partial charge in [0, 0.05) is 18.2 Å². The summed E-state index contributed by atoms with van der Waals surface area (Å²) in [5.74, 6) is 0.308. The molecular weight excluding hydrogens is 190 g/mol. The van der Waals surface area contributed by atoms with Crippen molar-refractivity contribution in [3.8, 4) is 5.75 Å². The zero-order valence-corrected chi connectivity index (χ0v) is 9.27. The molecule has 2 atom stereocenters. The fraction of sp³-hybridized carbons (Fsp3) is 0.500. The number of para-hydroxylation sites is 1. The van der Waals surface area contributed by atoms with Gasteiger partial charge in [0.25, 0.3) is 0 Å². The molecule has 0 radical (unpaired) electrons. The predicted octanol–water partition coefficient (Wildman–Crippen LogP) is 1.81. The van der Waals surface area contributed by atoms with Gasteiger partial charge in [0.15, 0.2) is 0 Å². The van der Waals surface area contributed by atoms with Gasteiger partial charge in [-0.05, 0) is 19.4 Å². The average molecular weight is 209 g/mol. The first-order valence-corrected chi connectivity index (χ1v) is 5.34. The quantitative estimate of drug-likeness (QED) is 0.693. The highest BCUT2D eigenvalue weighted by Gasteiger charge is 2.12. The van der Waals surface area contributed by atoms with Crippen LogP contribution in [0, 0.1) is 0 Å². The number of hydrogen-bond acceptors (Lipinski definition) is 3. The van der Waals surface area contributed by atoms with Crippen LogP contribution in [0.25, 0.3) is 0 Å². The van der Waals surface area contributed by atoms with E-state index in [9.17, 15) is 10.2 Å². The Morgan fingerprint density at radius 3 is 2.53 bits per heavy atom. The first-order chi connectivity index (χ1) is 7.15. The van der Waals surface area contributed by atoms with Gasteiger partial charge in [0.1, 0.15) is 5.75 Å². The molecule has 3 nitrogen and oxygen atoms in total. The maximum absolute atomic E-state index is 9.67. The fourth-order valence-corrected chi connectivity index (χ4v) is 1.57. The highest BCUT2D eigenvalue weighted by molar-refractivity contribution is 5.34. The van der Waals surface area contributed by atoms with Gasteiger partial charge in [-0.15, -0.1) is 0 Å². The van der Waals surface area contributed by atoms with Crippen LogP contribution in [0.4, 0.5) is 0 Å². The van der Waals surface area contributed by atoms with Crippen molar-refractivity contribution < 1.29 is 10.2 Å². The van der Waals surface area contributed by atoms with Crippen LogP contribution < -0.4 is 5.32 Å². The van der Waals surface area contributed by atoms with Crippen molar-refractivity contribution >= 4 is 0 Å². The Morgan fingerprint density at radius 2 is 2.00 bits per heavy atom. The zero-order valence-electron chi connectivity index (χ0n) is 9.27. The summed E-state index contributed by atoms with van der Waals surface area (Å²) in [7, 11) is 0. The predicted molar refractivity (Wildman–Crippen MR) is 60.8 cm³/mol. The summed E-state index contributed by atoms with van der Waals surface area (Å²) in [4.78, 5) is 0. The van der Waals surface area contributed by atoms with Gasteiger partial charge in [0.05, 0.1) is 6.10 Å². The van der Waals surface area contributed by atoms with Crippen LogP contribution >= 0.6 is 0 Å². The first kappa shape index (κ1) is 12.0. The number of hydrogen-bond donors (Lipinski definition) is 3. The van der Waals surface area contributed by atoms with E-state index in [0.29, 0.717) is 12.3 Å². The van der Waals surface area contributed by atoms with Crippen LogP contribution in [0.5, 0.6) is 5.75 Å². The van der Waals surface area contributed by atoms with E-state index in [0.717, 1.165) is 12.0 Å². The summed E-state index contributed by atoms with van der Waals surface area (Å²) in [6, 6.07) is 7.39. The number of nitrogens with one attached hydrogen (secondary N) is 1. The number of phenolic OH excluding ortho intramolecular Hbond substituents is 1. The second-order valence-corrected chi connectivity index (χ2v) is 3.78. The Labute approximate surface area is 90.8 Å². The molecule has 1 aromatic rings. The molecule has 1 rings (SSSR count). The van der Waals surface area contributed by atoms with Crippen LogP contribution in [-0.2, 0) is 0 Å². The van der Waals surface area contributed by atoms with Crippen LogP contribution in [-0.4, -0.2) is 22.9 Å². The monoisotopic (exact) mass is 209 g/mol. The van der Waals surface area contributed by atoms with Crippen molar-refractivity contribution in [1.29, 1.82) is 0 Å². The second-order valence-electron chi connectivity index (χ2n) is 3.78. The summed E-state index contributed by atoms with van der Waals surface area (Å²) in [5, 5.41) is 22.1. The van der Waals surface area contributed by atoms with Gasteiger partial charge < -0.3 is 15.5 Å². The van der Waals surface area contributed by atoms with E-state index < -0.39 is 0 Å². The third kappa shape index (κ3) is 3.53. The molecule has 0 unspecified atom stereocenters. The maximum Gasteiger partial charge on any atom is 0.120 e. The molecule has 0 aliphatic carbocycles. The molecule has 0 aliphatic heterocycles. The van der Waals surface area contributed by atoms with Crippen LogP contribution in [0.2, 0.25) is 0 Å². The lowest BCUT2D eigenvalue weighted by atomic mass is 10.0. The van der Waals surface area contributed by atoms with Gasteiger partial charge >= 0.3 is 0 Å². The number of aromatic hydroxyl groups is 1. The molecule has 0 heterocycles. The molecule has 0 bridgehead atoms. The van der Waals surface area contributed by atoms with Crippen molar-refractivity contribution in [2.45, 2.75) is 32.4 Å². The van der Waals surface area contributed by atoms with Gasteiger partial charge in [-0.25, -0.2) is 0 Å². The lowest BCUT2D eigenvalue weighted by Gasteiger charge is -2.19. The molecule has 0 aliphatic rings. The molecule has 84 valence electrons. The Bertz CT molecular complexity index is 299. The summed E-state index contributed by atoms with van der Waals surface area (Å²) >= 11 is 0.